The molecular formula is C38H54N6O3+2. The molecule has 0 radical (unpaired) electrons. The lowest BCUT2D eigenvalue weighted by atomic mass is 10.1. The Bertz CT molecular complexity index is 1570. The molecule has 0 spiro atoms. The second kappa shape index (κ2) is 18.1. The van der Waals surface area contributed by atoms with Gasteiger partial charge in [-0.05, 0) is 69.0 Å². The number of amides is 2. The topological polar surface area (TPSA) is 85.1 Å². The summed E-state index contributed by atoms with van der Waals surface area (Å²) >= 11 is 0. The molecule has 2 aromatic heterocycles. The summed E-state index contributed by atoms with van der Waals surface area (Å²) in [6.07, 6.45) is 20.9. The zero-order chi connectivity index (χ0) is 33.6. The van der Waals surface area contributed by atoms with Gasteiger partial charge in [-0.1, -0.05) is 64.9 Å². The molecule has 9 nitrogen and oxygen atoms in total. The smallest absolute Gasteiger partial charge is 0.348 e. The number of hydrogen-bond donors (Lipinski definition) is 2. The number of ether oxygens (including phenoxy) is 1. The van der Waals surface area contributed by atoms with E-state index in [0.29, 0.717) is 34.5 Å². The highest BCUT2D eigenvalue weighted by Crippen LogP contribution is 2.26. The van der Waals surface area contributed by atoms with Gasteiger partial charge in [0.05, 0.1) is 26.7 Å². The fourth-order valence-electron chi connectivity index (χ4n) is 5.95. The minimum atomic E-state index is -0.165. The lowest BCUT2D eigenvalue weighted by Crippen LogP contribution is -2.38. The number of benzene rings is 2. The summed E-state index contributed by atoms with van der Waals surface area (Å²) in [5.74, 6) is 2.15. The van der Waals surface area contributed by atoms with Gasteiger partial charge in [-0.15, -0.1) is 0 Å². The standard InChI is InChI=1S/C38H52N6O3/c1-6-8-10-12-13-15-24-43-27-25-41(4)37(43)35(45)39-31-20-22-33(23-21-31)47-34-19-16-18-32(29-34)40-36(46)38-42(5)26-28-44(38)30(3)17-14-11-9-7-2/h16,18-23,25-30H,6-15,17,24H2,1-5H3/p+2. The molecular weight excluding hydrogens is 588 g/mol. The molecule has 0 fully saturated rings. The van der Waals surface area contributed by atoms with Crippen LogP contribution >= 0.6 is 0 Å². The van der Waals surface area contributed by atoms with Gasteiger partial charge in [0, 0.05) is 17.4 Å². The van der Waals surface area contributed by atoms with Crippen molar-refractivity contribution in [1.29, 1.82) is 0 Å². The van der Waals surface area contributed by atoms with Gasteiger partial charge in [0.25, 0.3) is 0 Å². The van der Waals surface area contributed by atoms with Gasteiger partial charge in [0.15, 0.2) is 0 Å². The van der Waals surface area contributed by atoms with E-state index in [4.69, 9.17) is 4.74 Å². The summed E-state index contributed by atoms with van der Waals surface area (Å²) in [6.45, 7) is 7.44. The highest BCUT2D eigenvalue weighted by atomic mass is 16.5. The Kier molecular flexibility index (Phi) is 13.6. The third-order valence-electron chi connectivity index (χ3n) is 8.65. The number of aromatic nitrogens is 4. The molecule has 4 aromatic rings. The molecule has 2 amide bonds. The zero-order valence-electron chi connectivity index (χ0n) is 29.0. The number of unbranched alkanes of at least 4 members (excludes halogenated alkanes) is 8. The highest BCUT2D eigenvalue weighted by molar-refractivity contribution is 6.01. The van der Waals surface area contributed by atoms with E-state index in [1.807, 2.05) is 101 Å². The Labute approximate surface area is 280 Å². The minimum Gasteiger partial charge on any atom is -0.457 e. The number of nitrogens with zero attached hydrogens (tertiary/aromatic N) is 4. The SMILES string of the molecule is CCCCCCCCn1cc[n+](C)c1C(=O)Nc1ccc(Oc2cccc(NC(=O)c3n(C(C)CCCCCC)cc[n+]3C)c2)cc1. The Hall–Kier alpha value is -4.40. The first kappa shape index (κ1) is 35.5. The number of carbonyl (C=O) groups is 2. The van der Waals surface area contributed by atoms with Crippen molar-refractivity contribution < 1.29 is 23.5 Å². The van der Waals surface area contributed by atoms with Crippen LogP contribution in [0.25, 0.3) is 0 Å². The molecule has 0 saturated heterocycles. The van der Waals surface area contributed by atoms with Crippen molar-refractivity contribution in [3.63, 3.8) is 0 Å². The number of hydrogen-bond acceptors (Lipinski definition) is 3. The molecule has 9 heteroatoms. The number of imidazole rings is 2. The van der Waals surface area contributed by atoms with Gasteiger partial charge in [-0.3, -0.25) is 9.59 Å². The second-order valence-electron chi connectivity index (χ2n) is 12.6. The summed E-state index contributed by atoms with van der Waals surface area (Å²) in [4.78, 5) is 26.6. The number of anilines is 2. The van der Waals surface area contributed by atoms with E-state index >= 15 is 0 Å². The van der Waals surface area contributed by atoms with Crippen LogP contribution in [-0.2, 0) is 20.6 Å². The van der Waals surface area contributed by atoms with Crippen molar-refractivity contribution in [3.8, 4) is 11.5 Å². The zero-order valence-corrected chi connectivity index (χ0v) is 29.0. The maximum Gasteiger partial charge on any atom is 0.348 e. The maximum absolute atomic E-state index is 13.4. The van der Waals surface area contributed by atoms with Crippen LogP contribution in [0.1, 0.15) is 119 Å². The Morgan fingerprint density at radius 3 is 2.09 bits per heavy atom. The quantitative estimate of drug-likeness (QED) is 0.0800. The molecule has 0 bridgehead atoms. The van der Waals surface area contributed by atoms with Crippen molar-refractivity contribution in [2.45, 2.75) is 104 Å². The third kappa shape index (κ3) is 10.3. The number of rotatable bonds is 19. The fraction of sp³-hybridized carbons (Fsp3) is 0.474. The molecule has 2 N–H and O–H groups in total. The van der Waals surface area contributed by atoms with Crippen LogP contribution in [0.3, 0.4) is 0 Å². The van der Waals surface area contributed by atoms with Gasteiger partial charge in [-0.2, -0.15) is 0 Å². The van der Waals surface area contributed by atoms with Crippen LogP contribution in [-0.4, -0.2) is 20.9 Å². The summed E-state index contributed by atoms with van der Waals surface area (Å²) in [5, 5.41) is 6.07. The van der Waals surface area contributed by atoms with E-state index < -0.39 is 0 Å². The first-order chi connectivity index (χ1) is 22.8. The number of aryl methyl sites for hydroxylation is 3. The van der Waals surface area contributed by atoms with Crippen LogP contribution in [0.15, 0.2) is 73.3 Å². The van der Waals surface area contributed by atoms with E-state index in [2.05, 4.69) is 36.0 Å². The molecule has 0 aliphatic heterocycles. The molecule has 252 valence electrons. The molecule has 4 rings (SSSR count). The van der Waals surface area contributed by atoms with E-state index in [9.17, 15) is 9.59 Å². The predicted molar refractivity (Wildman–Crippen MR) is 187 cm³/mol. The summed E-state index contributed by atoms with van der Waals surface area (Å²) in [5.41, 5.74) is 1.34. The van der Waals surface area contributed by atoms with Crippen molar-refractivity contribution >= 4 is 23.2 Å². The highest BCUT2D eigenvalue weighted by Gasteiger charge is 2.27. The van der Waals surface area contributed by atoms with Crippen molar-refractivity contribution in [2.75, 3.05) is 10.6 Å². The predicted octanol–water partition coefficient (Wildman–Crippen LogP) is 8.13. The Morgan fingerprint density at radius 1 is 0.723 bits per heavy atom. The Balaban J connectivity index is 1.33. The largest absolute Gasteiger partial charge is 0.457 e. The van der Waals surface area contributed by atoms with Crippen molar-refractivity contribution in [2.24, 2.45) is 14.1 Å². The van der Waals surface area contributed by atoms with Gasteiger partial charge in [-0.25, -0.2) is 18.3 Å². The van der Waals surface area contributed by atoms with Gasteiger partial charge >= 0.3 is 23.5 Å². The van der Waals surface area contributed by atoms with Crippen molar-refractivity contribution in [3.05, 3.63) is 85.0 Å². The van der Waals surface area contributed by atoms with E-state index in [0.717, 1.165) is 25.8 Å². The Morgan fingerprint density at radius 2 is 1.34 bits per heavy atom. The van der Waals surface area contributed by atoms with Crippen LogP contribution in [0.4, 0.5) is 11.4 Å². The first-order valence-corrected chi connectivity index (χ1v) is 17.4. The van der Waals surface area contributed by atoms with Gasteiger partial charge < -0.3 is 15.4 Å². The molecule has 2 heterocycles. The number of nitrogens with one attached hydrogen (secondary N) is 2. The molecule has 0 aliphatic carbocycles. The molecule has 0 saturated carbocycles. The van der Waals surface area contributed by atoms with Gasteiger partial charge in [0.2, 0.25) is 0 Å². The van der Waals surface area contributed by atoms with Crippen LogP contribution in [0, 0.1) is 0 Å². The summed E-state index contributed by atoms with van der Waals surface area (Å²) in [7, 11) is 3.79. The first-order valence-electron chi connectivity index (χ1n) is 17.4. The lowest BCUT2D eigenvalue weighted by Gasteiger charge is -2.12. The summed E-state index contributed by atoms with van der Waals surface area (Å²) in [6, 6.07) is 14.9. The average molecular weight is 643 g/mol. The van der Waals surface area contributed by atoms with Crippen LogP contribution in [0.2, 0.25) is 0 Å². The lowest BCUT2D eigenvalue weighted by molar-refractivity contribution is -0.673. The second-order valence-corrected chi connectivity index (χ2v) is 12.6. The fourth-order valence-corrected chi connectivity index (χ4v) is 5.95. The summed E-state index contributed by atoms with van der Waals surface area (Å²) < 4.78 is 13.9. The molecule has 0 aliphatic rings. The van der Waals surface area contributed by atoms with Crippen LogP contribution < -0.4 is 24.5 Å². The van der Waals surface area contributed by atoms with Crippen molar-refractivity contribution in [1.82, 2.24) is 9.13 Å². The minimum absolute atomic E-state index is 0.147. The maximum atomic E-state index is 13.4. The third-order valence-corrected chi connectivity index (χ3v) is 8.65. The molecule has 1 atom stereocenters. The average Bonchev–Trinajstić information content (AvgIpc) is 3.64. The molecule has 1 unspecified atom stereocenters. The molecule has 47 heavy (non-hydrogen) atoms. The van der Waals surface area contributed by atoms with E-state index in [-0.39, 0.29) is 17.9 Å². The van der Waals surface area contributed by atoms with E-state index in [1.54, 1.807) is 0 Å². The normalized spacial score (nSPS) is 11.8. The van der Waals surface area contributed by atoms with Gasteiger partial charge in [0.1, 0.15) is 36.3 Å². The number of carbonyl (C=O) groups excluding carboxylic acids is 2. The van der Waals surface area contributed by atoms with E-state index in [1.165, 1.54) is 51.4 Å². The van der Waals surface area contributed by atoms with Crippen LogP contribution in [0.5, 0.6) is 11.5 Å². The monoisotopic (exact) mass is 642 g/mol. The molecule has 2 aromatic carbocycles.